The zero-order valence-electron chi connectivity index (χ0n) is 22.3. The van der Waals surface area contributed by atoms with Crippen molar-refractivity contribution < 1.29 is 28.7 Å². The molecule has 0 fully saturated rings. The fraction of sp³-hybridized carbons (Fsp3) is 0.800. The minimum atomic E-state index is -1.05. The molecule has 11 heteroatoms. The van der Waals surface area contributed by atoms with Crippen LogP contribution in [-0.2, 0) is 28.7 Å². The van der Waals surface area contributed by atoms with Gasteiger partial charge < -0.3 is 31.6 Å². The highest BCUT2D eigenvalue weighted by atomic mass is 16.5. The molecule has 0 saturated carbocycles. The molecule has 36 heavy (non-hydrogen) atoms. The maximum atomic E-state index is 12.9. The molecular weight excluding hydrogens is 466 g/mol. The molecule has 0 unspecified atom stereocenters. The Kier molecular flexibility index (Phi) is 19.7. The highest BCUT2D eigenvalue weighted by Crippen LogP contribution is 2.11. The van der Waals surface area contributed by atoms with E-state index in [9.17, 15) is 19.2 Å². The predicted molar refractivity (Wildman–Crippen MR) is 139 cm³/mol. The molecule has 0 radical (unpaired) electrons. The lowest BCUT2D eigenvalue weighted by atomic mass is 10.1. The van der Waals surface area contributed by atoms with Crippen LogP contribution < -0.4 is 22.1 Å². The third kappa shape index (κ3) is 17.6. The largest absolute Gasteiger partial charge is 0.469 e. The van der Waals surface area contributed by atoms with E-state index >= 15 is 0 Å². The van der Waals surface area contributed by atoms with Crippen LogP contribution >= 0.6 is 0 Å². The molecule has 2 atom stereocenters. The van der Waals surface area contributed by atoms with Crippen LogP contribution in [0.2, 0.25) is 0 Å². The van der Waals surface area contributed by atoms with Gasteiger partial charge in [-0.1, -0.05) is 58.3 Å². The number of nitrogens with two attached hydrogens (primary N) is 2. The van der Waals surface area contributed by atoms with E-state index in [0.29, 0.717) is 19.4 Å². The highest BCUT2D eigenvalue weighted by molar-refractivity contribution is 5.90. The fourth-order valence-corrected chi connectivity index (χ4v) is 3.66. The maximum Gasteiger partial charge on any atom is 0.328 e. The van der Waals surface area contributed by atoms with E-state index in [-0.39, 0.29) is 31.1 Å². The molecule has 0 aromatic rings. The quantitative estimate of drug-likeness (QED) is 0.0780. The monoisotopic (exact) mass is 513 g/mol. The molecule has 0 aromatic carbocycles. The van der Waals surface area contributed by atoms with Crippen molar-refractivity contribution in [1.29, 1.82) is 0 Å². The van der Waals surface area contributed by atoms with Gasteiger partial charge in [0.15, 0.2) is 5.96 Å². The highest BCUT2D eigenvalue weighted by Gasteiger charge is 2.27. The summed E-state index contributed by atoms with van der Waals surface area (Å²) in [6, 6.07) is -1.92. The van der Waals surface area contributed by atoms with Gasteiger partial charge >= 0.3 is 11.9 Å². The lowest BCUT2D eigenvalue weighted by molar-refractivity contribution is -0.146. The van der Waals surface area contributed by atoms with Gasteiger partial charge in [0, 0.05) is 19.4 Å². The minimum absolute atomic E-state index is 0.0121. The van der Waals surface area contributed by atoms with Gasteiger partial charge in [0.2, 0.25) is 11.8 Å². The number of hydrogen-bond donors (Lipinski definition) is 4. The number of hydrogen-bond acceptors (Lipinski definition) is 7. The number of carbonyl (C=O) groups excluding carboxylic acids is 4. The van der Waals surface area contributed by atoms with Crippen molar-refractivity contribution in [3.63, 3.8) is 0 Å². The molecule has 0 bridgehead atoms. The Morgan fingerprint density at radius 3 is 1.92 bits per heavy atom. The lowest BCUT2D eigenvalue weighted by Gasteiger charge is -2.22. The summed E-state index contributed by atoms with van der Waals surface area (Å²) in [6.07, 6.45) is 11.2. The number of aliphatic imine (C=N–C) groups is 1. The molecule has 208 valence electrons. The van der Waals surface area contributed by atoms with E-state index < -0.39 is 29.9 Å². The number of methoxy groups -OCH3 is 2. The SMILES string of the molecule is CCCCCCCCCCCC(=O)N[C@@H](CCCN=C(N)N)C(=O)N[C@@H](CCC(=O)OC)C(=O)OC. The standard InChI is InChI=1S/C25H47N5O6/c1-4-5-6-7-8-9-10-11-12-15-21(31)29-19(14-13-18-28-25(26)27)23(33)30-20(24(34)36-3)16-17-22(32)35-2/h19-20H,4-18H2,1-3H3,(H,29,31)(H,30,33)(H4,26,27,28)/t19-,20-/m0/s1. The van der Waals surface area contributed by atoms with E-state index in [1.807, 2.05) is 0 Å². The van der Waals surface area contributed by atoms with Crippen LogP contribution in [0.3, 0.4) is 0 Å². The summed E-state index contributed by atoms with van der Waals surface area (Å²) in [5, 5.41) is 5.35. The second-order valence-electron chi connectivity index (χ2n) is 8.85. The van der Waals surface area contributed by atoms with Crippen molar-refractivity contribution in [2.45, 2.75) is 109 Å². The molecule has 0 saturated heterocycles. The molecule has 0 aliphatic rings. The zero-order chi connectivity index (χ0) is 27.2. The molecule has 0 aliphatic carbocycles. The average molecular weight is 514 g/mol. The van der Waals surface area contributed by atoms with Gasteiger partial charge in [-0.05, 0) is 25.7 Å². The molecule has 0 spiro atoms. The third-order valence-corrected chi connectivity index (χ3v) is 5.77. The minimum Gasteiger partial charge on any atom is -0.469 e. The third-order valence-electron chi connectivity index (χ3n) is 5.77. The fourth-order valence-electron chi connectivity index (χ4n) is 3.66. The Labute approximate surface area is 215 Å². The summed E-state index contributed by atoms with van der Waals surface area (Å²) in [4.78, 5) is 52.9. The van der Waals surface area contributed by atoms with Crippen molar-refractivity contribution in [2.24, 2.45) is 16.5 Å². The first-order valence-electron chi connectivity index (χ1n) is 13.0. The second kappa shape index (κ2) is 21.4. The van der Waals surface area contributed by atoms with Crippen molar-refractivity contribution in [3.05, 3.63) is 0 Å². The summed E-state index contributed by atoms with van der Waals surface area (Å²) in [5.41, 5.74) is 10.7. The van der Waals surface area contributed by atoms with E-state index in [0.717, 1.165) is 19.3 Å². The molecule has 2 amide bonds. The Morgan fingerprint density at radius 2 is 1.36 bits per heavy atom. The Morgan fingerprint density at radius 1 is 0.750 bits per heavy atom. The number of ether oxygens (including phenoxy) is 2. The van der Waals surface area contributed by atoms with Crippen LogP contribution in [0.25, 0.3) is 0 Å². The molecule has 0 heterocycles. The second-order valence-corrected chi connectivity index (χ2v) is 8.85. The van der Waals surface area contributed by atoms with Crippen LogP contribution in [0, 0.1) is 0 Å². The van der Waals surface area contributed by atoms with Crippen molar-refractivity contribution in [3.8, 4) is 0 Å². The van der Waals surface area contributed by atoms with Crippen molar-refractivity contribution in [2.75, 3.05) is 20.8 Å². The van der Waals surface area contributed by atoms with Gasteiger partial charge in [-0.25, -0.2) is 4.79 Å². The van der Waals surface area contributed by atoms with Crippen LogP contribution in [0.15, 0.2) is 4.99 Å². The van der Waals surface area contributed by atoms with E-state index in [4.69, 9.17) is 16.2 Å². The summed E-state index contributed by atoms with van der Waals surface area (Å²) < 4.78 is 9.33. The van der Waals surface area contributed by atoms with Crippen molar-refractivity contribution >= 4 is 29.7 Å². The molecule has 0 rings (SSSR count). The summed E-state index contributed by atoms with van der Waals surface area (Å²) in [5.74, 6) is -2.03. The molecule has 11 nitrogen and oxygen atoms in total. The van der Waals surface area contributed by atoms with Gasteiger partial charge in [0.05, 0.1) is 14.2 Å². The molecular formula is C25H47N5O6. The Balaban J connectivity index is 4.81. The summed E-state index contributed by atoms with van der Waals surface area (Å²) in [7, 11) is 2.43. The number of nitrogens with zero attached hydrogens (tertiary/aromatic N) is 1. The van der Waals surface area contributed by atoms with E-state index in [2.05, 4.69) is 27.3 Å². The van der Waals surface area contributed by atoms with E-state index in [1.165, 1.54) is 52.7 Å². The predicted octanol–water partition coefficient (Wildman–Crippen LogP) is 2.06. The number of guanidine groups is 1. The topological polar surface area (TPSA) is 175 Å². The number of carbonyl (C=O) groups is 4. The molecule has 0 aromatic heterocycles. The average Bonchev–Trinajstić information content (AvgIpc) is 2.86. The van der Waals surface area contributed by atoms with Crippen molar-refractivity contribution in [1.82, 2.24) is 10.6 Å². The van der Waals surface area contributed by atoms with Gasteiger partial charge in [-0.3, -0.25) is 19.4 Å². The number of rotatable bonds is 21. The molecule has 6 N–H and O–H groups in total. The number of esters is 2. The van der Waals surface area contributed by atoms with Gasteiger partial charge in [0.25, 0.3) is 0 Å². The zero-order valence-corrected chi connectivity index (χ0v) is 22.3. The van der Waals surface area contributed by atoms with E-state index in [1.54, 1.807) is 0 Å². The normalized spacial score (nSPS) is 12.2. The number of amides is 2. The van der Waals surface area contributed by atoms with Gasteiger partial charge in [0.1, 0.15) is 12.1 Å². The van der Waals surface area contributed by atoms with Crippen LogP contribution in [-0.4, -0.2) is 62.6 Å². The lowest BCUT2D eigenvalue weighted by Crippen LogP contribution is -2.52. The Bertz CT molecular complexity index is 682. The first kappa shape index (κ1) is 33.1. The van der Waals surface area contributed by atoms with Gasteiger partial charge in [-0.2, -0.15) is 0 Å². The number of nitrogens with one attached hydrogen (secondary N) is 2. The smallest absolute Gasteiger partial charge is 0.328 e. The maximum absolute atomic E-state index is 12.9. The summed E-state index contributed by atoms with van der Waals surface area (Å²) in [6.45, 7) is 2.49. The van der Waals surface area contributed by atoms with Gasteiger partial charge in [-0.15, -0.1) is 0 Å². The van der Waals surface area contributed by atoms with Crippen LogP contribution in [0.1, 0.15) is 96.8 Å². The molecule has 0 aliphatic heterocycles. The summed E-state index contributed by atoms with van der Waals surface area (Å²) >= 11 is 0. The first-order chi connectivity index (χ1) is 17.2. The van der Waals surface area contributed by atoms with Crippen LogP contribution in [0.5, 0.6) is 0 Å². The first-order valence-corrected chi connectivity index (χ1v) is 13.0. The number of unbranched alkanes of at least 4 members (excludes halogenated alkanes) is 8. The van der Waals surface area contributed by atoms with Crippen LogP contribution in [0.4, 0.5) is 0 Å². The Hall–Kier alpha value is -2.85.